The normalized spacial score (nSPS) is 13.1. The first-order chi connectivity index (χ1) is 3.27. The Morgan fingerprint density at radius 2 is 2.43 bits per heavy atom. The first kappa shape index (κ1) is 6.71. The Hall–Kier alpha value is -0.293. The fourth-order valence-corrected chi connectivity index (χ4v) is 0.642. The van der Waals surface area contributed by atoms with E-state index in [-0.39, 0.29) is 0 Å². The second kappa shape index (κ2) is 3.88. The van der Waals surface area contributed by atoms with Crippen LogP contribution < -0.4 is 0 Å². The van der Waals surface area contributed by atoms with Gasteiger partial charge in [-0.15, -0.1) is 0 Å². The van der Waals surface area contributed by atoms with E-state index < -0.39 is 0 Å². The van der Waals surface area contributed by atoms with E-state index in [4.69, 9.17) is 5.26 Å². The van der Waals surface area contributed by atoms with Gasteiger partial charge >= 0.3 is 0 Å². The lowest BCUT2D eigenvalue weighted by atomic mass is 10.3. The second-order valence-electron chi connectivity index (χ2n) is 2.09. The Labute approximate surface area is 47.8 Å². The van der Waals surface area contributed by atoms with Gasteiger partial charge in [0.2, 0.25) is 0 Å². The average Bonchev–Trinajstić information content (AvgIpc) is 1.61. The van der Waals surface area contributed by atoms with Gasteiger partial charge in [0.25, 0.3) is 0 Å². The van der Waals surface area contributed by atoms with Crippen molar-refractivity contribution >= 4 is 10.2 Å². The highest BCUT2D eigenvalue weighted by Gasteiger charge is 1.89. The van der Waals surface area contributed by atoms with Crippen molar-refractivity contribution in [3.8, 4) is 6.07 Å². The molecule has 1 nitrogen and oxygen atoms in total. The van der Waals surface area contributed by atoms with E-state index in [0.717, 1.165) is 18.4 Å². The zero-order valence-electron chi connectivity index (χ0n) is 4.94. The van der Waals surface area contributed by atoms with Crippen LogP contribution in [0.5, 0.6) is 0 Å². The molecule has 0 aliphatic carbocycles. The van der Waals surface area contributed by atoms with E-state index in [1.54, 1.807) is 0 Å². The largest absolute Gasteiger partial charge is 0.198 e. The predicted molar refractivity (Wildman–Crippen MR) is 34.2 cm³/mol. The van der Waals surface area contributed by atoms with Crippen molar-refractivity contribution in [1.29, 1.82) is 5.26 Å². The Bertz CT molecular complexity index is 72.6. The second-order valence-corrected chi connectivity index (χ2v) is 4.06. The number of nitriles is 1. The number of rotatable bonds is 2. The summed E-state index contributed by atoms with van der Waals surface area (Å²) in [6, 6.07) is 2.12. The lowest BCUT2D eigenvalue weighted by molar-refractivity contribution is 0.818. The first-order valence-corrected chi connectivity index (χ1v) is 3.79. The van der Waals surface area contributed by atoms with Gasteiger partial charge in [0.15, 0.2) is 0 Å². The molecule has 0 saturated heterocycles. The SMILES string of the molecule is CC([SiH3])CCC#N. The summed E-state index contributed by atoms with van der Waals surface area (Å²) in [5.41, 5.74) is 0.819. The molecule has 0 bridgehead atoms. The molecule has 0 aliphatic rings. The van der Waals surface area contributed by atoms with Crippen LogP contribution in [-0.2, 0) is 0 Å². The summed E-state index contributed by atoms with van der Waals surface area (Å²) >= 11 is 0. The van der Waals surface area contributed by atoms with Crippen LogP contribution in [0.25, 0.3) is 0 Å². The van der Waals surface area contributed by atoms with Gasteiger partial charge in [0.1, 0.15) is 0 Å². The van der Waals surface area contributed by atoms with Gasteiger partial charge in [-0.2, -0.15) is 5.26 Å². The monoisotopic (exact) mass is 113 g/mol. The van der Waals surface area contributed by atoms with Gasteiger partial charge in [0.05, 0.1) is 6.07 Å². The third-order valence-electron chi connectivity index (χ3n) is 0.833. The van der Waals surface area contributed by atoms with Crippen molar-refractivity contribution in [3.05, 3.63) is 0 Å². The predicted octanol–water partition coefficient (Wildman–Crippen LogP) is 0.464. The molecular formula is C5H11NSi. The number of hydrogen-bond donors (Lipinski definition) is 0. The van der Waals surface area contributed by atoms with Crippen LogP contribution in [0.2, 0.25) is 5.54 Å². The fourth-order valence-electron chi connectivity index (χ4n) is 0.353. The Balaban J connectivity index is 2.86. The van der Waals surface area contributed by atoms with E-state index in [1.807, 2.05) is 0 Å². The van der Waals surface area contributed by atoms with Crippen LogP contribution in [-0.4, -0.2) is 10.2 Å². The summed E-state index contributed by atoms with van der Waals surface area (Å²) in [7, 11) is 1.23. The molecule has 0 heterocycles. The minimum atomic E-state index is 0.741. The molecule has 0 spiro atoms. The molecule has 0 fully saturated rings. The first-order valence-electron chi connectivity index (χ1n) is 2.64. The molecule has 0 aromatic carbocycles. The molecule has 1 unspecified atom stereocenters. The van der Waals surface area contributed by atoms with Crippen molar-refractivity contribution in [1.82, 2.24) is 0 Å². The molecule has 2 heteroatoms. The maximum Gasteiger partial charge on any atom is 0.0621 e. The van der Waals surface area contributed by atoms with E-state index in [0.29, 0.717) is 0 Å². The number of nitrogens with zero attached hydrogens (tertiary/aromatic N) is 1. The van der Waals surface area contributed by atoms with Gasteiger partial charge in [-0.1, -0.05) is 12.5 Å². The van der Waals surface area contributed by atoms with E-state index in [9.17, 15) is 0 Å². The summed E-state index contributed by atoms with van der Waals surface area (Å²) in [5.74, 6) is 0. The fraction of sp³-hybridized carbons (Fsp3) is 0.800. The summed E-state index contributed by atoms with van der Waals surface area (Å²) < 4.78 is 0. The molecule has 0 aliphatic heterocycles. The maximum absolute atomic E-state index is 8.08. The molecule has 0 rings (SSSR count). The van der Waals surface area contributed by atoms with Crippen molar-refractivity contribution in [2.24, 2.45) is 0 Å². The Kier molecular flexibility index (Phi) is 3.72. The number of hydrogen-bond acceptors (Lipinski definition) is 1. The maximum atomic E-state index is 8.08. The van der Waals surface area contributed by atoms with Gasteiger partial charge in [0, 0.05) is 16.7 Å². The highest BCUT2D eigenvalue weighted by atomic mass is 28.1. The van der Waals surface area contributed by atoms with E-state index in [1.165, 1.54) is 10.2 Å². The molecule has 7 heavy (non-hydrogen) atoms. The van der Waals surface area contributed by atoms with Crippen LogP contribution in [0.15, 0.2) is 0 Å². The summed E-state index contributed by atoms with van der Waals surface area (Å²) in [6.45, 7) is 2.18. The van der Waals surface area contributed by atoms with Crippen LogP contribution in [0.3, 0.4) is 0 Å². The average molecular weight is 113 g/mol. The van der Waals surface area contributed by atoms with E-state index >= 15 is 0 Å². The minimum absolute atomic E-state index is 0.741. The van der Waals surface area contributed by atoms with Gasteiger partial charge < -0.3 is 0 Å². The molecule has 0 saturated carbocycles. The van der Waals surface area contributed by atoms with Crippen LogP contribution in [0.1, 0.15) is 19.8 Å². The smallest absolute Gasteiger partial charge is 0.0621 e. The van der Waals surface area contributed by atoms with Crippen molar-refractivity contribution < 1.29 is 0 Å². The third-order valence-corrected chi connectivity index (χ3v) is 1.41. The molecule has 0 radical (unpaired) electrons. The van der Waals surface area contributed by atoms with Gasteiger partial charge in [-0.25, -0.2) is 0 Å². The molecule has 0 aromatic heterocycles. The summed E-state index contributed by atoms with van der Waals surface area (Å²) in [6.07, 6.45) is 1.84. The molecular weight excluding hydrogens is 102 g/mol. The zero-order chi connectivity index (χ0) is 5.70. The zero-order valence-corrected chi connectivity index (χ0v) is 6.94. The standard InChI is InChI=1S/C5H11NSi/c1-5(7)3-2-4-6/h5H,2-3H2,1,7H3. The topological polar surface area (TPSA) is 23.8 Å². The van der Waals surface area contributed by atoms with Crippen molar-refractivity contribution in [2.45, 2.75) is 25.3 Å². The van der Waals surface area contributed by atoms with Crippen LogP contribution >= 0.6 is 0 Å². The lowest BCUT2D eigenvalue weighted by Crippen LogP contribution is -1.81. The van der Waals surface area contributed by atoms with Crippen molar-refractivity contribution in [3.63, 3.8) is 0 Å². The molecule has 0 amide bonds. The van der Waals surface area contributed by atoms with Crippen molar-refractivity contribution in [2.75, 3.05) is 0 Å². The summed E-state index contributed by atoms with van der Waals surface area (Å²) in [4.78, 5) is 0. The molecule has 0 aromatic rings. The van der Waals surface area contributed by atoms with Gasteiger partial charge in [-0.05, 0) is 6.42 Å². The third kappa shape index (κ3) is 5.71. The minimum Gasteiger partial charge on any atom is -0.198 e. The quantitative estimate of drug-likeness (QED) is 0.477. The van der Waals surface area contributed by atoms with Crippen LogP contribution in [0.4, 0.5) is 0 Å². The lowest BCUT2D eigenvalue weighted by Gasteiger charge is -1.94. The Morgan fingerprint density at radius 1 is 1.86 bits per heavy atom. The molecule has 40 valence electrons. The highest BCUT2D eigenvalue weighted by Crippen LogP contribution is 2.03. The van der Waals surface area contributed by atoms with Crippen LogP contribution in [0, 0.1) is 11.3 Å². The summed E-state index contributed by atoms with van der Waals surface area (Å²) in [5, 5.41) is 8.08. The highest BCUT2D eigenvalue weighted by molar-refractivity contribution is 6.11. The molecule has 0 N–H and O–H groups in total. The van der Waals surface area contributed by atoms with E-state index in [2.05, 4.69) is 13.0 Å². The Morgan fingerprint density at radius 3 is 2.57 bits per heavy atom. The molecule has 1 atom stereocenters. The van der Waals surface area contributed by atoms with Gasteiger partial charge in [-0.3, -0.25) is 0 Å².